The molecule has 0 radical (unpaired) electrons. The maximum Gasteiger partial charge on any atom is 0.273 e. The summed E-state index contributed by atoms with van der Waals surface area (Å²) < 4.78 is 6.85. The third kappa shape index (κ3) is 4.05. The zero-order valence-electron chi connectivity index (χ0n) is 18.3. The third-order valence-electron chi connectivity index (χ3n) is 7.15. The van der Waals surface area contributed by atoms with Crippen LogP contribution in [-0.2, 0) is 12.8 Å². The minimum atomic E-state index is -0.528. The highest BCUT2D eigenvalue weighted by molar-refractivity contribution is 5.93. The molecule has 3 aliphatic rings. The fourth-order valence-electron chi connectivity index (χ4n) is 5.38. The molecule has 0 spiro atoms. The predicted molar refractivity (Wildman–Crippen MR) is 118 cm³/mol. The smallest absolute Gasteiger partial charge is 0.273 e. The van der Waals surface area contributed by atoms with Crippen molar-refractivity contribution in [2.24, 2.45) is 0 Å². The van der Waals surface area contributed by atoms with Crippen molar-refractivity contribution >= 4 is 11.7 Å². The van der Waals surface area contributed by atoms with E-state index in [9.17, 15) is 14.7 Å². The Hall–Kier alpha value is -2.68. The van der Waals surface area contributed by atoms with E-state index in [0.29, 0.717) is 18.7 Å². The van der Waals surface area contributed by atoms with Crippen LogP contribution in [0.1, 0.15) is 79.2 Å². The van der Waals surface area contributed by atoms with Gasteiger partial charge in [0.2, 0.25) is 0 Å². The van der Waals surface area contributed by atoms with E-state index in [2.05, 4.69) is 20.5 Å². The fourth-order valence-corrected chi connectivity index (χ4v) is 5.38. The zero-order valence-corrected chi connectivity index (χ0v) is 18.3. The fraction of sp³-hybridized carbons (Fsp3) is 0.652. The molecule has 9 heteroatoms. The van der Waals surface area contributed by atoms with Crippen LogP contribution in [0.25, 0.3) is 0 Å². The minimum Gasteiger partial charge on any atom is -0.391 e. The van der Waals surface area contributed by atoms with Crippen LogP contribution < -0.4 is 15.8 Å². The SMILES string of the molecule is O=C(NCC1CCCCN1c1ccc(=O)n(C2CCCC2O)n1)c1noc2c1CCCC2. The molecule has 2 aromatic heterocycles. The number of hydrogen-bond acceptors (Lipinski definition) is 7. The number of hydrogen-bond donors (Lipinski definition) is 2. The van der Waals surface area contributed by atoms with Gasteiger partial charge in [0.15, 0.2) is 5.69 Å². The molecule has 1 amide bonds. The minimum absolute atomic E-state index is 0.0855. The van der Waals surface area contributed by atoms with E-state index in [0.717, 1.165) is 81.5 Å². The monoisotopic (exact) mass is 441 g/mol. The number of piperidine rings is 1. The second-order valence-corrected chi connectivity index (χ2v) is 9.23. The molecular weight excluding hydrogens is 410 g/mol. The molecular formula is C23H31N5O4. The summed E-state index contributed by atoms with van der Waals surface area (Å²) in [6.07, 6.45) is 8.71. The van der Waals surface area contributed by atoms with Crippen molar-refractivity contribution in [1.82, 2.24) is 20.3 Å². The summed E-state index contributed by atoms with van der Waals surface area (Å²) in [6, 6.07) is 3.12. The molecule has 1 saturated carbocycles. The molecule has 172 valence electrons. The summed E-state index contributed by atoms with van der Waals surface area (Å²) in [5.41, 5.74) is 1.19. The van der Waals surface area contributed by atoms with Crippen LogP contribution in [0.15, 0.2) is 21.5 Å². The molecule has 2 aliphatic carbocycles. The molecule has 2 fully saturated rings. The number of nitrogens with zero attached hydrogens (tertiary/aromatic N) is 4. The van der Waals surface area contributed by atoms with Gasteiger partial charge in [-0.3, -0.25) is 9.59 Å². The molecule has 1 saturated heterocycles. The Bertz CT molecular complexity index is 1030. The summed E-state index contributed by atoms with van der Waals surface area (Å²) in [7, 11) is 0. The number of carbonyl (C=O) groups is 1. The second-order valence-electron chi connectivity index (χ2n) is 9.23. The highest BCUT2D eigenvalue weighted by Gasteiger charge is 2.31. The summed E-state index contributed by atoms with van der Waals surface area (Å²) in [6.45, 7) is 1.30. The number of anilines is 1. The summed E-state index contributed by atoms with van der Waals surface area (Å²) in [5.74, 6) is 1.39. The lowest BCUT2D eigenvalue weighted by atomic mass is 9.96. The first kappa shape index (κ1) is 21.2. The van der Waals surface area contributed by atoms with Gasteiger partial charge in [-0.15, -0.1) is 0 Å². The van der Waals surface area contributed by atoms with Crippen LogP contribution in [0.5, 0.6) is 0 Å². The molecule has 2 N–H and O–H groups in total. The quantitative estimate of drug-likeness (QED) is 0.729. The van der Waals surface area contributed by atoms with E-state index in [1.165, 1.54) is 4.68 Å². The van der Waals surface area contributed by atoms with Crippen molar-refractivity contribution in [2.75, 3.05) is 18.0 Å². The first-order valence-electron chi connectivity index (χ1n) is 11.9. The van der Waals surface area contributed by atoms with Gasteiger partial charge < -0.3 is 19.8 Å². The highest BCUT2D eigenvalue weighted by Crippen LogP contribution is 2.30. The number of aromatic nitrogens is 3. The van der Waals surface area contributed by atoms with Gasteiger partial charge in [0.05, 0.1) is 12.1 Å². The van der Waals surface area contributed by atoms with Gasteiger partial charge in [-0.25, -0.2) is 4.68 Å². The van der Waals surface area contributed by atoms with Crippen LogP contribution in [0.2, 0.25) is 0 Å². The van der Waals surface area contributed by atoms with Gasteiger partial charge in [-0.05, 0) is 63.9 Å². The van der Waals surface area contributed by atoms with E-state index in [1.807, 2.05) is 0 Å². The van der Waals surface area contributed by atoms with Crippen LogP contribution in [0.4, 0.5) is 5.82 Å². The number of rotatable bonds is 5. The van der Waals surface area contributed by atoms with Crippen molar-refractivity contribution in [2.45, 2.75) is 82.4 Å². The van der Waals surface area contributed by atoms with Crippen LogP contribution in [-0.4, -0.2) is 51.2 Å². The van der Waals surface area contributed by atoms with E-state index < -0.39 is 6.10 Å². The lowest BCUT2D eigenvalue weighted by Crippen LogP contribution is -2.48. The maximum absolute atomic E-state index is 12.8. The molecule has 0 bridgehead atoms. The van der Waals surface area contributed by atoms with Crippen molar-refractivity contribution in [3.05, 3.63) is 39.5 Å². The average molecular weight is 442 g/mol. The molecule has 1 aliphatic heterocycles. The summed E-state index contributed by atoms with van der Waals surface area (Å²) in [5, 5.41) is 22.0. The summed E-state index contributed by atoms with van der Waals surface area (Å²) >= 11 is 0. The van der Waals surface area contributed by atoms with Gasteiger partial charge in [0.25, 0.3) is 11.5 Å². The largest absolute Gasteiger partial charge is 0.391 e. The molecule has 5 rings (SSSR count). The maximum atomic E-state index is 12.8. The number of aliphatic hydroxyl groups is 1. The van der Waals surface area contributed by atoms with E-state index in [-0.39, 0.29) is 23.6 Å². The first-order chi connectivity index (χ1) is 15.6. The number of aryl methyl sites for hydroxylation is 1. The Morgan fingerprint density at radius 2 is 2.00 bits per heavy atom. The molecule has 2 aromatic rings. The van der Waals surface area contributed by atoms with Crippen molar-refractivity contribution in [3.63, 3.8) is 0 Å². The Labute approximate surface area is 186 Å². The van der Waals surface area contributed by atoms with Gasteiger partial charge in [0.1, 0.15) is 11.6 Å². The lowest BCUT2D eigenvalue weighted by molar-refractivity contribution is 0.0939. The van der Waals surface area contributed by atoms with Crippen molar-refractivity contribution < 1.29 is 14.4 Å². The first-order valence-corrected chi connectivity index (χ1v) is 11.9. The summed E-state index contributed by atoms with van der Waals surface area (Å²) in [4.78, 5) is 27.4. The third-order valence-corrected chi connectivity index (χ3v) is 7.15. The number of carbonyl (C=O) groups excluding carboxylic acids is 1. The topological polar surface area (TPSA) is 113 Å². The number of aliphatic hydroxyl groups excluding tert-OH is 1. The van der Waals surface area contributed by atoms with Crippen LogP contribution in [0, 0.1) is 0 Å². The van der Waals surface area contributed by atoms with Gasteiger partial charge in [-0.2, -0.15) is 5.10 Å². The van der Waals surface area contributed by atoms with E-state index in [1.54, 1.807) is 12.1 Å². The Morgan fingerprint density at radius 3 is 2.84 bits per heavy atom. The Balaban J connectivity index is 1.31. The molecule has 32 heavy (non-hydrogen) atoms. The van der Waals surface area contributed by atoms with Crippen LogP contribution >= 0.6 is 0 Å². The Morgan fingerprint density at radius 1 is 1.12 bits per heavy atom. The molecule has 9 nitrogen and oxygen atoms in total. The van der Waals surface area contributed by atoms with Crippen molar-refractivity contribution in [3.8, 4) is 0 Å². The van der Waals surface area contributed by atoms with Crippen molar-refractivity contribution in [1.29, 1.82) is 0 Å². The lowest BCUT2D eigenvalue weighted by Gasteiger charge is -2.37. The van der Waals surface area contributed by atoms with Gasteiger partial charge in [0, 0.05) is 37.2 Å². The highest BCUT2D eigenvalue weighted by atomic mass is 16.5. The zero-order chi connectivity index (χ0) is 22.1. The molecule has 3 heterocycles. The predicted octanol–water partition coefficient (Wildman–Crippen LogP) is 1.98. The number of fused-ring (bicyclic) bond motifs is 1. The molecule has 3 atom stereocenters. The van der Waals surface area contributed by atoms with Crippen LogP contribution in [0.3, 0.4) is 0 Å². The standard InChI is InChI=1S/C23H31N5O4/c29-18-9-5-8-17(18)28-21(30)12-11-20(25-28)27-13-4-3-6-15(27)14-24-23(31)22-16-7-1-2-10-19(16)32-26-22/h11-12,15,17-18,29H,1-10,13-14H2,(H,24,31). The molecule has 0 aromatic carbocycles. The van der Waals surface area contributed by atoms with Gasteiger partial charge in [-0.1, -0.05) is 5.16 Å². The normalized spacial score (nSPS) is 25.5. The van der Waals surface area contributed by atoms with Gasteiger partial charge >= 0.3 is 0 Å². The molecule has 3 unspecified atom stereocenters. The second kappa shape index (κ2) is 9.05. The Kier molecular flexibility index (Phi) is 5.99. The van der Waals surface area contributed by atoms with E-state index in [4.69, 9.17) is 4.52 Å². The average Bonchev–Trinajstić information content (AvgIpc) is 3.44. The van der Waals surface area contributed by atoms with E-state index >= 15 is 0 Å². The number of amides is 1. The number of nitrogens with one attached hydrogen (secondary N) is 1.